The summed E-state index contributed by atoms with van der Waals surface area (Å²) in [6, 6.07) is 19.2. The smallest absolute Gasteiger partial charge is 0.229 e. The Morgan fingerprint density at radius 2 is 1.56 bits per heavy atom. The molecule has 0 radical (unpaired) electrons. The minimum absolute atomic E-state index is 0.0579. The Balaban J connectivity index is 1.54. The lowest BCUT2D eigenvalue weighted by molar-refractivity contribution is -0.123. The summed E-state index contributed by atoms with van der Waals surface area (Å²) in [6.45, 7) is 0.826. The van der Waals surface area contributed by atoms with E-state index in [1.165, 1.54) is 0 Å². The zero-order valence-corrected chi connectivity index (χ0v) is 16.4. The first-order chi connectivity index (χ1) is 13.0. The molecule has 0 unspecified atom stereocenters. The van der Waals surface area contributed by atoms with Crippen LogP contribution in [0.4, 0.5) is 5.69 Å². The number of benzene rings is 2. The van der Waals surface area contributed by atoms with Crippen LogP contribution in [0, 0.1) is 5.92 Å². The number of aryl methyl sites for hydroxylation is 1. The number of anilines is 1. The number of nitrogens with zero attached hydrogens (tertiary/aromatic N) is 2. The van der Waals surface area contributed by atoms with Gasteiger partial charge in [-0.2, -0.15) is 0 Å². The molecule has 1 saturated heterocycles. The zero-order valence-electron chi connectivity index (χ0n) is 15.6. The van der Waals surface area contributed by atoms with E-state index in [-0.39, 0.29) is 17.6 Å². The molecule has 2 aromatic rings. The van der Waals surface area contributed by atoms with E-state index in [1.54, 1.807) is 16.3 Å². The van der Waals surface area contributed by atoms with Crippen molar-refractivity contribution < 1.29 is 13.2 Å². The van der Waals surface area contributed by atoms with E-state index < -0.39 is 10.0 Å². The lowest BCUT2D eigenvalue weighted by Gasteiger charge is -2.32. The first-order valence-corrected chi connectivity index (χ1v) is 10.9. The average Bonchev–Trinajstić information content (AvgIpc) is 2.73. The van der Waals surface area contributed by atoms with Gasteiger partial charge in [-0.15, -0.1) is 0 Å². The molecule has 1 heterocycles. The fourth-order valence-corrected chi connectivity index (χ4v) is 4.97. The van der Waals surface area contributed by atoms with Crippen molar-refractivity contribution in [1.29, 1.82) is 0 Å². The van der Waals surface area contributed by atoms with E-state index in [1.807, 2.05) is 60.7 Å². The van der Waals surface area contributed by atoms with Crippen molar-refractivity contribution in [2.75, 3.05) is 30.8 Å². The highest BCUT2D eigenvalue weighted by Crippen LogP contribution is 2.24. The summed E-state index contributed by atoms with van der Waals surface area (Å²) in [7, 11) is -1.52. The van der Waals surface area contributed by atoms with Gasteiger partial charge < -0.3 is 4.90 Å². The predicted molar refractivity (Wildman–Crippen MR) is 108 cm³/mol. The largest absolute Gasteiger partial charge is 0.315 e. The van der Waals surface area contributed by atoms with Gasteiger partial charge in [0.2, 0.25) is 15.9 Å². The molecule has 2 aromatic carbocycles. The van der Waals surface area contributed by atoms with Gasteiger partial charge in [0, 0.05) is 31.7 Å². The van der Waals surface area contributed by atoms with Crippen molar-refractivity contribution in [3.8, 4) is 0 Å². The van der Waals surface area contributed by atoms with Crippen molar-refractivity contribution in [3.05, 3.63) is 66.2 Å². The molecule has 144 valence electrons. The van der Waals surface area contributed by atoms with Crippen LogP contribution in [0.2, 0.25) is 0 Å². The number of amides is 1. The van der Waals surface area contributed by atoms with Crippen LogP contribution in [0.1, 0.15) is 18.4 Å². The van der Waals surface area contributed by atoms with Gasteiger partial charge in [-0.3, -0.25) is 4.79 Å². The molecule has 3 rings (SSSR count). The molecule has 0 saturated carbocycles. The number of sulfonamides is 1. The first kappa shape index (κ1) is 19.6. The van der Waals surface area contributed by atoms with Gasteiger partial charge in [0.25, 0.3) is 0 Å². The minimum atomic E-state index is -3.29. The van der Waals surface area contributed by atoms with E-state index in [9.17, 15) is 13.2 Å². The van der Waals surface area contributed by atoms with Crippen LogP contribution >= 0.6 is 0 Å². The molecule has 0 aliphatic carbocycles. The summed E-state index contributed by atoms with van der Waals surface area (Å²) in [4.78, 5) is 14.4. The van der Waals surface area contributed by atoms with Gasteiger partial charge >= 0.3 is 0 Å². The molecular weight excluding hydrogens is 360 g/mol. The number of carbonyl (C=O) groups excluding carboxylic acids is 1. The molecular formula is C21H26N2O3S. The van der Waals surface area contributed by atoms with Crippen molar-refractivity contribution in [3.63, 3.8) is 0 Å². The fourth-order valence-electron chi connectivity index (χ4n) is 3.45. The Kier molecular flexibility index (Phi) is 6.29. The molecule has 5 nitrogen and oxygen atoms in total. The number of piperidine rings is 1. The second kappa shape index (κ2) is 8.67. The Labute approximate surface area is 161 Å². The Bertz CT molecular complexity index is 846. The number of para-hydroxylation sites is 1. The van der Waals surface area contributed by atoms with Gasteiger partial charge in [0.15, 0.2) is 0 Å². The maximum absolute atomic E-state index is 12.7. The topological polar surface area (TPSA) is 57.7 Å². The third-order valence-electron chi connectivity index (χ3n) is 5.16. The molecule has 0 bridgehead atoms. The molecule has 1 fully saturated rings. The summed E-state index contributed by atoms with van der Waals surface area (Å²) in [5, 5.41) is 0. The van der Waals surface area contributed by atoms with E-state index >= 15 is 0 Å². The Morgan fingerprint density at radius 1 is 1.00 bits per heavy atom. The second-order valence-corrected chi connectivity index (χ2v) is 9.05. The van der Waals surface area contributed by atoms with Gasteiger partial charge in [0.1, 0.15) is 0 Å². The van der Waals surface area contributed by atoms with Crippen LogP contribution in [0.25, 0.3) is 0 Å². The summed E-state index contributed by atoms with van der Waals surface area (Å²) >= 11 is 0. The summed E-state index contributed by atoms with van der Waals surface area (Å²) in [6.07, 6.45) is 1.65. The highest BCUT2D eigenvalue weighted by molar-refractivity contribution is 7.89. The molecule has 27 heavy (non-hydrogen) atoms. The van der Waals surface area contributed by atoms with Crippen LogP contribution in [0.3, 0.4) is 0 Å². The predicted octanol–water partition coefficient (Wildman–Crippen LogP) is 2.93. The molecule has 0 aromatic heterocycles. The minimum Gasteiger partial charge on any atom is -0.315 e. The second-order valence-electron chi connectivity index (χ2n) is 6.96. The lowest BCUT2D eigenvalue weighted by Crippen LogP contribution is -2.44. The molecule has 1 amide bonds. The summed E-state index contributed by atoms with van der Waals surface area (Å²) in [5.74, 6) is 0.0397. The van der Waals surface area contributed by atoms with E-state index in [0.29, 0.717) is 32.4 Å². The van der Waals surface area contributed by atoms with Gasteiger partial charge in [0.05, 0.1) is 5.75 Å². The quantitative estimate of drug-likeness (QED) is 0.767. The number of rotatable bonds is 6. The van der Waals surface area contributed by atoms with Crippen LogP contribution < -0.4 is 4.90 Å². The van der Waals surface area contributed by atoms with E-state index in [2.05, 4.69) is 0 Å². The van der Waals surface area contributed by atoms with Crippen molar-refractivity contribution in [1.82, 2.24) is 4.31 Å². The number of carbonyl (C=O) groups is 1. The fraction of sp³-hybridized carbons (Fsp3) is 0.381. The maximum Gasteiger partial charge on any atom is 0.229 e. The third kappa shape index (κ3) is 4.96. The molecule has 0 atom stereocenters. The summed E-state index contributed by atoms with van der Waals surface area (Å²) < 4.78 is 26.8. The lowest BCUT2D eigenvalue weighted by atomic mass is 9.96. The number of hydrogen-bond donors (Lipinski definition) is 0. The first-order valence-electron chi connectivity index (χ1n) is 9.32. The average molecular weight is 387 g/mol. The number of hydrogen-bond acceptors (Lipinski definition) is 3. The van der Waals surface area contributed by atoms with Crippen LogP contribution in [-0.2, 0) is 21.2 Å². The van der Waals surface area contributed by atoms with Gasteiger partial charge in [-0.05, 0) is 37.0 Å². The molecule has 0 spiro atoms. The van der Waals surface area contributed by atoms with E-state index in [0.717, 1.165) is 11.3 Å². The van der Waals surface area contributed by atoms with Crippen LogP contribution in [-0.4, -0.2) is 44.5 Å². The van der Waals surface area contributed by atoms with E-state index in [4.69, 9.17) is 0 Å². The highest BCUT2D eigenvalue weighted by Gasteiger charge is 2.32. The zero-order chi connectivity index (χ0) is 19.3. The Morgan fingerprint density at radius 3 is 2.15 bits per heavy atom. The normalized spacial score (nSPS) is 16.2. The molecule has 0 N–H and O–H groups in total. The molecule has 1 aliphatic heterocycles. The van der Waals surface area contributed by atoms with Crippen molar-refractivity contribution >= 4 is 21.6 Å². The summed E-state index contributed by atoms with van der Waals surface area (Å²) in [5.41, 5.74) is 1.89. The van der Waals surface area contributed by atoms with Gasteiger partial charge in [-0.1, -0.05) is 48.5 Å². The molecule has 6 heteroatoms. The standard InChI is InChI=1S/C21H26N2O3S/c1-22(20-10-6-3-7-11-20)21(24)19-12-15-23(16-13-19)27(25,26)17-14-18-8-4-2-5-9-18/h2-11,19H,12-17H2,1H3. The highest BCUT2D eigenvalue weighted by atomic mass is 32.2. The van der Waals surface area contributed by atoms with Crippen LogP contribution in [0.15, 0.2) is 60.7 Å². The Hall–Kier alpha value is -2.18. The van der Waals surface area contributed by atoms with Crippen molar-refractivity contribution in [2.45, 2.75) is 19.3 Å². The maximum atomic E-state index is 12.7. The third-order valence-corrected chi connectivity index (χ3v) is 7.03. The molecule has 1 aliphatic rings. The monoisotopic (exact) mass is 386 g/mol. The van der Waals surface area contributed by atoms with Crippen molar-refractivity contribution in [2.24, 2.45) is 5.92 Å². The van der Waals surface area contributed by atoms with Gasteiger partial charge in [-0.25, -0.2) is 12.7 Å². The van der Waals surface area contributed by atoms with Crippen LogP contribution in [0.5, 0.6) is 0 Å². The SMILES string of the molecule is CN(C(=O)C1CCN(S(=O)(=O)CCc2ccccc2)CC1)c1ccccc1.